The molecule has 4 nitrogen and oxygen atoms in total. The maximum Gasteiger partial charge on any atom is 0.119 e. The summed E-state index contributed by atoms with van der Waals surface area (Å²) in [5, 5.41) is 4.91. The molecule has 130 valence electrons. The Kier molecular flexibility index (Phi) is 4.09. The first-order valence-corrected chi connectivity index (χ1v) is 8.59. The molecule has 0 atom stereocenters. The molecule has 0 saturated carbocycles. The maximum absolute atomic E-state index is 5.28. The molecular weight excluding hydrogens is 322 g/mol. The van der Waals surface area contributed by atoms with E-state index in [0.717, 1.165) is 34.1 Å². The number of rotatable bonds is 4. The van der Waals surface area contributed by atoms with Gasteiger partial charge in [0.15, 0.2) is 0 Å². The van der Waals surface area contributed by atoms with Crippen LogP contribution in [0.2, 0.25) is 0 Å². The van der Waals surface area contributed by atoms with Crippen molar-refractivity contribution < 1.29 is 4.74 Å². The van der Waals surface area contributed by atoms with E-state index in [1.165, 1.54) is 5.56 Å². The van der Waals surface area contributed by atoms with Crippen LogP contribution in [0, 0.1) is 6.92 Å². The van der Waals surface area contributed by atoms with E-state index in [-0.39, 0.29) is 0 Å². The van der Waals surface area contributed by atoms with Gasteiger partial charge >= 0.3 is 0 Å². The number of ether oxygens (including phenoxy) is 1. The van der Waals surface area contributed by atoms with E-state index in [1.54, 1.807) is 7.11 Å². The highest BCUT2D eigenvalue weighted by atomic mass is 16.5. The molecule has 4 rings (SSSR count). The molecule has 4 heteroatoms. The Bertz CT molecular complexity index is 1040. The number of aromatic nitrogens is 3. The molecule has 0 saturated heterocycles. The highest BCUT2D eigenvalue weighted by Gasteiger charge is 2.15. The lowest BCUT2D eigenvalue weighted by Gasteiger charge is -2.09. The average molecular weight is 343 g/mol. The summed E-state index contributed by atoms with van der Waals surface area (Å²) in [4.78, 5) is 0. The van der Waals surface area contributed by atoms with Crippen molar-refractivity contribution in [1.29, 1.82) is 0 Å². The Morgan fingerprint density at radius 2 is 1.69 bits per heavy atom. The van der Waals surface area contributed by atoms with E-state index in [0.29, 0.717) is 0 Å². The molecule has 2 aromatic carbocycles. The number of hydrogen-bond acceptors (Lipinski definition) is 2. The fourth-order valence-corrected chi connectivity index (χ4v) is 3.16. The molecule has 0 amide bonds. The van der Waals surface area contributed by atoms with E-state index in [2.05, 4.69) is 47.9 Å². The van der Waals surface area contributed by atoms with Crippen molar-refractivity contribution in [3.8, 4) is 34.1 Å². The van der Waals surface area contributed by atoms with Crippen LogP contribution < -0.4 is 4.74 Å². The SMILES string of the molecule is COc1ccc(-n2nc(-c3cccc(C)c3)cc2-c2cccn2C)cc1. The number of hydrogen-bond donors (Lipinski definition) is 0. The molecule has 2 aromatic heterocycles. The van der Waals surface area contributed by atoms with Gasteiger partial charge in [-0.3, -0.25) is 0 Å². The molecule has 0 aliphatic rings. The minimum atomic E-state index is 0.834. The van der Waals surface area contributed by atoms with E-state index >= 15 is 0 Å². The second-order valence-corrected chi connectivity index (χ2v) is 6.40. The van der Waals surface area contributed by atoms with Gasteiger partial charge < -0.3 is 9.30 Å². The molecule has 4 aromatic rings. The van der Waals surface area contributed by atoms with Gasteiger partial charge in [0.25, 0.3) is 0 Å². The monoisotopic (exact) mass is 343 g/mol. The maximum atomic E-state index is 5.28. The van der Waals surface area contributed by atoms with Crippen LogP contribution in [0.4, 0.5) is 0 Å². The summed E-state index contributed by atoms with van der Waals surface area (Å²) >= 11 is 0. The van der Waals surface area contributed by atoms with Crippen LogP contribution in [0.1, 0.15) is 5.56 Å². The standard InChI is InChI=1S/C22H21N3O/c1-16-6-4-7-17(14-16)20-15-22(21-8-5-13-24(21)2)25(23-20)18-9-11-19(26-3)12-10-18/h4-15H,1-3H3. The van der Waals surface area contributed by atoms with Crippen LogP contribution in [0.25, 0.3) is 28.3 Å². The summed E-state index contributed by atoms with van der Waals surface area (Å²) < 4.78 is 9.38. The van der Waals surface area contributed by atoms with Crippen LogP contribution in [0.15, 0.2) is 72.9 Å². The van der Waals surface area contributed by atoms with E-state index < -0.39 is 0 Å². The Labute approximate surface area is 153 Å². The summed E-state index contributed by atoms with van der Waals surface area (Å²) in [7, 11) is 3.72. The topological polar surface area (TPSA) is 32.0 Å². The Morgan fingerprint density at radius 3 is 2.35 bits per heavy atom. The first-order chi connectivity index (χ1) is 12.7. The predicted octanol–water partition coefficient (Wildman–Crippen LogP) is 4.86. The van der Waals surface area contributed by atoms with Crippen molar-refractivity contribution in [2.45, 2.75) is 6.92 Å². The molecule has 0 bridgehead atoms. The third-order valence-corrected chi connectivity index (χ3v) is 4.55. The minimum absolute atomic E-state index is 0.834. The van der Waals surface area contributed by atoms with Crippen LogP contribution in [-0.4, -0.2) is 21.5 Å². The Balaban J connectivity index is 1.89. The summed E-state index contributed by atoms with van der Waals surface area (Å²) in [5.74, 6) is 0.834. The number of methoxy groups -OCH3 is 1. The summed E-state index contributed by atoms with van der Waals surface area (Å²) in [6, 6.07) is 22.7. The highest BCUT2D eigenvalue weighted by Crippen LogP contribution is 2.29. The second kappa shape index (κ2) is 6.56. The van der Waals surface area contributed by atoms with Crippen LogP contribution >= 0.6 is 0 Å². The number of nitrogens with zero attached hydrogens (tertiary/aromatic N) is 3. The first kappa shape index (κ1) is 16.2. The molecule has 0 unspecified atom stereocenters. The van der Waals surface area contributed by atoms with Crippen LogP contribution in [-0.2, 0) is 7.05 Å². The van der Waals surface area contributed by atoms with Gasteiger partial charge in [0, 0.05) is 18.8 Å². The fourth-order valence-electron chi connectivity index (χ4n) is 3.16. The Morgan fingerprint density at radius 1 is 0.885 bits per heavy atom. The number of benzene rings is 2. The Hall–Kier alpha value is -3.27. The summed E-state index contributed by atoms with van der Waals surface area (Å²) in [6.45, 7) is 2.10. The molecule has 0 fully saturated rings. The van der Waals surface area contributed by atoms with Gasteiger partial charge in [-0.15, -0.1) is 0 Å². The van der Waals surface area contributed by atoms with Gasteiger partial charge in [-0.05, 0) is 55.5 Å². The third-order valence-electron chi connectivity index (χ3n) is 4.55. The minimum Gasteiger partial charge on any atom is -0.497 e. The molecule has 0 N–H and O–H groups in total. The summed E-state index contributed by atoms with van der Waals surface area (Å²) in [5.41, 5.74) is 6.47. The van der Waals surface area contributed by atoms with Crippen LogP contribution in [0.5, 0.6) is 5.75 Å². The van der Waals surface area contributed by atoms with Gasteiger partial charge in [-0.2, -0.15) is 5.10 Å². The fraction of sp³-hybridized carbons (Fsp3) is 0.136. The molecule has 0 aliphatic carbocycles. The van der Waals surface area contributed by atoms with Gasteiger partial charge in [0.2, 0.25) is 0 Å². The van der Waals surface area contributed by atoms with Crippen molar-refractivity contribution in [3.63, 3.8) is 0 Å². The first-order valence-electron chi connectivity index (χ1n) is 8.59. The van der Waals surface area contributed by atoms with Gasteiger partial charge in [-0.1, -0.05) is 23.8 Å². The lowest BCUT2D eigenvalue weighted by atomic mass is 10.1. The average Bonchev–Trinajstić information content (AvgIpc) is 3.28. The normalized spacial score (nSPS) is 10.9. The molecule has 0 spiro atoms. The lowest BCUT2D eigenvalue weighted by Crippen LogP contribution is -2.01. The number of aryl methyl sites for hydroxylation is 2. The zero-order valence-corrected chi connectivity index (χ0v) is 15.2. The predicted molar refractivity (Wildman–Crippen MR) is 105 cm³/mol. The van der Waals surface area contributed by atoms with Crippen molar-refractivity contribution in [2.24, 2.45) is 7.05 Å². The summed E-state index contributed by atoms with van der Waals surface area (Å²) in [6.07, 6.45) is 2.05. The van der Waals surface area contributed by atoms with Crippen molar-refractivity contribution in [1.82, 2.24) is 14.3 Å². The van der Waals surface area contributed by atoms with Crippen molar-refractivity contribution in [3.05, 3.63) is 78.5 Å². The van der Waals surface area contributed by atoms with Crippen molar-refractivity contribution >= 4 is 0 Å². The molecule has 0 aliphatic heterocycles. The largest absolute Gasteiger partial charge is 0.497 e. The molecule has 2 heterocycles. The van der Waals surface area contributed by atoms with Gasteiger partial charge in [-0.25, -0.2) is 4.68 Å². The van der Waals surface area contributed by atoms with Gasteiger partial charge in [0.1, 0.15) is 5.75 Å². The lowest BCUT2D eigenvalue weighted by molar-refractivity contribution is 0.414. The quantitative estimate of drug-likeness (QED) is 0.530. The van der Waals surface area contributed by atoms with E-state index in [1.807, 2.05) is 48.3 Å². The van der Waals surface area contributed by atoms with E-state index in [9.17, 15) is 0 Å². The zero-order valence-electron chi connectivity index (χ0n) is 15.2. The molecular formula is C22H21N3O. The zero-order chi connectivity index (χ0) is 18.1. The molecule has 0 radical (unpaired) electrons. The van der Waals surface area contributed by atoms with Gasteiger partial charge in [0.05, 0.1) is 29.9 Å². The third kappa shape index (κ3) is 2.90. The highest BCUT2D eigenvalue weighted by molar-refractivity contribution is 5.69. The smallest absolute Gasteiger partial charge is 0.119 e. The van der Waals surface area contributed by atoms with E-state index in [4.69, 9.17) is 9.84 Å². The van der Waals surface area contributed by atoms with Crippen LogP contribution in [0.3, 0.4) is 0 Å². The second-order valence-electron chi connectivity index (χ2n) is 6.40. The van der Waals surface area contributed by atoms with Crippen molar-refractivity contribution in [2.75, 3.05) is 7.11 Å². The molecule has 26 heavy (non-hydrogen) atoms.